The molecule has 21 heavy (non-hydrogen) atoms. The van der Waals surface area contributed by atoms with Gasteiger partial charge in [0.1, 0.15) is 12.2 Å². The lowest BCUT2D eigenvalue weighted by molar-refractivity contribution is 0.0696. The van der Waals surface area contributed by atoms with E-state index in [1.807, 2.05) is 0 Å². The van der Waals surface area contributed by atoms with Crippen molar-refractivity contribution in [3.8, 4) is 0 Å². The standard InChI is InChI=1S/C12H14N4O4S/c1-8-2-3-9(12(17)18)6-10(8)21(19,20)15-5-4-11-13-7-14-16-11/h2-3,6-7,15H,4-5H2,1H3,(H,17,18)(H,13,14,16). The largest absolute Gasteiger partial charge is 0.478 e. The molecule has 1 aromatic heterocycles. The average Bonchev–Trinajstić information content (AvgIpc) is 2.91. The van der Waals surface area contributed by atoms with Crippen LogP contribution >= 0.6 is 0 Å². The van der Waals surface area contributed by atoms with E-state index in [1.165, 1.54) is 18.5 Å². The number of hydrogen-bond donors (Lipinski definition) is 3. The normalized spacial score (nSPS) is 11.5. The number of benzene rings is 1. The number of nitrogens with zero attached hydrogens (tertiary/aromatic N) is 2. The molecule has 1 heterocycles. The maximum Gasteiger partial charge on any atom is 0.335 e. The number of aromatic amines is 1. The van der Waals surface area contributed by atoms with Crippen LogP contribution in [0.5, 0.6) is 0 Å². The van der Waals surface area contributed by atoms with E-state index < -0.39 is 16.0 Å². The van der Waals surface area contributed by atoms with Gasteiger partial charge >= 0.3 is 5.97 Å². The highest BCUT2D eigenvalue weighted by molar-refractivity contribution is 7.89. The highest BCUT2D eigenvalue weighted by Crippen LogP contribution is 2.17. The van der Waals surface area contributed by atoms with Crippen molar-refractivity contribution >= 4 is 16.0 Å². The van der Waals surface area contributed by atoms with Gasteiger partial charge in [-0.05, 0) is 24.6 Å². The molecule has 0 spiro atoms. The average molecular weight is 310 g/mol. The number of sulfonamides is 1. The van der Waals surface area contributed by atoms with Crippen LogP contribution < -0.4 is 4.72 Å². The molecule has 0 saturated carbocycles. The second-order valence-corrected chi connectivity index (χ2v) is 6.10. The van der Waals surface area contributed by atoms with Crippen LogP contribution in [0.2, 0.25) is 0 Å². The van der Waals surface area contributed by atoms with Gasteiger partial charge < -0.3 is 5.11 Å². The highest BCUT2D eigenvalue weighted by atomic mass is 32.2. The van der Waals surface area contributed by atoms with E-state index in [2.05, 4.69) is 19.9 Å². The van der Waals surface area contributed by atoms with Crippen LogP contribution in [-0.4, -0.2) is 41.2 Å². The van der Waals surface area contributed by atoms with E-state index in [9.17, 15) is 13.2 Å². The molecule has 2 rings (SSSR count). The summed E-state index contributed by atoms with van der Waals surface area (Å²) in [4.78, 5) is 14.8. The topological polar surface area (TPSA) is 125 Å². The summed E-state index contributed by atoms with van der Waals surface area (Å²) in [5.41, 5.74) is 0.406. The smallest absolute Gasteiger partial charge is 0.335 e. The van der Waals surface area contributed by atoms with Gasteiger partial charge in [0, 0.05) is 13.0 Å². The molecule has 0 bridgehead atoms. The number of carboxylic acids is 1. The molecule has 112 valence electrons. The fraction of sp³-hybridized carbons (Fsp3) is 0.250. The van der Waals surface area contributed by atoms with Gasteiger partial charge in [0.05, 0.1) is 10.5 Å². The molecule has 0 atom stereocenters. The van der Waals surface area contributed by atoms with Crippen LogP contribution in [0.3, 0.4) is 0 Å². The van der Waals surface area contributed by atoms with Crippen molar-refractivity contribution in [2.75, 3.05) is 6.54 Å². The Morgan fingerprint density at radius 1 is 1.43 bits per heavy atom. The van der Waals surface area contributed by atoms with Gasteiger partial charge in [-0.3, -0.25) is 5.10 Å². The van der Waals surface area contributed by atoms with Crippen LogP contribution in [0.25, 0.3) is 0 Å². The molecular weight excluding hydrogens is 296 g/mol. The molecule has 0 aliphatic rings. The Bertz CT molecular complexity index is 741. The zero-order valence-electron chi connectivity index (χ0n) is 11.2. The Morgan fingerprint density at radius 2 is 2.19 bits per heavy atom. The maximum atomic E-state index is 12.2. The van der Waals surface area contributed by atoms with Crippen molar-refractivity contribution in [1.29, 1.82) is 0 Å². The third kappa shape index (κ3) is 3.64. The summed E-state index contributed by atoms with van der Waals surface area (Å²) in [7, 11) is -3.78. The van der Waals surface area contributed by atoms with Gasteiger partial charge in [-0.2, -0.15) is 5.10 Å². The van der Waals surface area contributed by atoms with Gasteiger partial charge in [0.2, 0.25) is 10.0 Å². The van der Waals surface area contributed by atoms with Crippen molar-refractivity contribution in [2.45, 2.75) is 18.2 Å². The lowest BCUT2D eigenvalue weighted by Crippen LogP contribution is -2.27. The Labute approximate surface area is 121 Å². The summed E-state index contributed by atoms with van der Waals surface area (Å²) < 4.78 is 26.8. The summed E-state index contributed by atoms with van der Waals surface area (Å²) in [6.45, 7) is 1.74. The molecule has 2 aromatic rings. The van der Waals surface area contributed by atoms with Crippen LogP contribution in [0, 0.1) is 6.92 Å². The molecule has 0 unspecified atom stereocenters. The number of aromatic carboxylic acids is 1. The summed E-state index contributed by atoms with van der Waals surface area (Å²) in [5.74, 6) is -0.609. The molecule has 9 heteroatoms. The molecule has 8 nitrogen and oxygen atoms in total. The first kappa shape index (κ1) is 15.1. The molecule has 0 fully saturated rings. The first-order chi connectivity index (χ1) is 9.90. The predicted octanol–water partition coefficient (Wildman–Crippen LogP) is 0.332. The SMILES string of the molecule is Cc1ccc(C(=O)O)cc1S(=O)(=O)NCCc1ncn[nH]1. The fourth-order valence-corrected chi connectivity index (χ4v) is 3.06. The van der Waals surface area contributed by atoms with E-state index in [0.717, 1.165) is 6.07 Å². The lowest BCUT2D eigenvalue weighted by Gasteiger charge is -2.09. The van der Waals surface area contributed by atoms with Gasteiger partial charge in [-0.15, -0.1) is 0 Å². The van der Waals surface area contributed by atoms with E-state index in [1.54, 1.807) is 6.92 Å². The Morgan fingerprint density at radius 3 is 2.81 bits per heavy atom. The van der Waals surface area contributed by atoms with Crippen molar-refractivity contribution in [2.24, 2.45) is 0 Å². The first-order valence-electron chi connectivity index (χ1n) is 6.08. The number of H-pyrrole nitrogens is 1. The summed E-state index contributed by atoms with van der Waals surface area (Å²) in [6, 6.07) is 3.98. The second kappa shape index (κ2) is 6.02. The van der Waals surface area contributed by atoms with Crippen molar-refractivity contribution in [3.63, 3.8) is 0 Å². The van der Waals surface area contributed by atoms with Crippen LogP contribution in [0.1, 0.15) is 21.7 Å². The van der Waals surface area contributed by atoms with Gasteiger partial charge in [-0.1, -0.05) is 6.07 Å². The van der Waals surface area contributed by atoms with Crippen LogP contribution in [0.4, 0.5) is 0 Å². The predicted molar refractivity (Wildman–Crippen MR) is 73.4 cm³/mol. The number of nitrogens with one attached hydrogen (secondary N) is 2. The summed E-state index contributed by atoms with van der Waals surface area (Å²) in [5, 5.41) is 15.2. The lowest BCUT2D eigenvalue weighted by atomic mass is 10.1. The third-order valence-corrected chi connectivity index (χ3v) is 4.45. The van der Waals surface area contributed by atoms with Gasteiger partial charge in [0.15, 0.2) is 0 Å². The van der Waals surface area contributed by atoms with Crippen LogP contribution in [0.15, 0.2) is 29.4 Å². The van der Waals surface area contributed by atoms with Crippen molar-refractivity contribution in [1.82, 2.24) is 19.9 Å². The highest BCUT2D eigenvalue weighted by Gasteiger charge is 2.18. The second-order valence-electron chi connectivity index (χ2n) is 4.37. The molecule has 1 aromatic carbocycles. The maximum absolute atomic E-state index is 12.2. The number of rotatable bonds is 6. The van der Waals surface area contributed by atoms with Crippen LogP contribution in [-0.2, 0) is 16.4 Å². The molecule has 3 N–H and O–H groups in total. The van der Waals surface area contributed by atoms with E-state index in [-0.39, 0.29) is 17.0 Å². The number of carbonyl (C=O) groups is 1. The number of aryl methyl sites for hydroxylation is 1. The Kier molecular flexibility index (Phi) is 4.34. The quantitative estimate of drug-likeness (QED) is 0.706. The minimum atomic E-state index is -3.78. The minimum absolute atomic E-state index is 0.0417. The molecule has 0 amide bonds. The van der Waals surface area contributed by atoms with E-state index in [4.69, 9.17) is 5.11 Å². The van der Waals surface area contributed by atoms with Crippen molar-refractivity contribution < 1.29 is 18.3 Å². The van der Waals surface area contributed by atoms with Gasteiger partial charge in [-0.25, -0.2) is 22.9 Å². The summed E-state index contributed by atoms with van der Waals surface area (Å²) in [6.07, 6.45) is 1.70. The number of aromatic nitrogens is 3. The Hall–Kier alpha value is -2.26. The zero-order valence-corrected chi connectivity index (χ0v) is 12.0. The van der Waals surface area contributed by atoms with Gasteiger partial charge in [0.25, 0.3) is 0 Å². The monoisotopic (exact) mass is 310 g/mol. The number of carboxylic acid groups (broad SMARTS) is 1. The minimum Gasteiger partial charge on any atom is -0.478 e. The molecule has 0 aliphatic heterocycles. The fourth-order valence-electron chi connectivity index (χ4n) is 1.76. The first-order valence-corrected chi connectivity index (χ1v) is 7.56. The zero-order chi connectivity index (χ0) is 15.5. The molecule has 0 radical (unpaired) electrons. The van der Waals surface area contributed by atoms with E-state index in [0.29, 0.717) is 17.8 Å². The van der Waals surface area contributed by atoms with Crippen molar-refractivity contribution in [3.05, 3.63) is 41.5 Å². The summed E-state index contributed by atoms with van der Waals surface area (Å²) >= 11 is 0. The Balaban J connectivity index is 2.15. The third-order valence-electron chi connectivity index (χ3n) is 2.84. The number of hydrogen-bond acceptors (Lipinski definition) is 5. The molecule has 0 aliphatic carbocycles. The molecule has 0 saturated heterocycles. The van der Waals surface area contributed by atoms with E-state index >= 15 is 0 Å². The molecular formula is C12H14N4O4S.